The van der Waals surface area contributed by atoms with Gasteiger partial charge in [-0.15, -0.1) is 0 Å². The van der Waals surface area contributed by atoms with E-state index < -0.39 is 0 Å². The molecule has 0 bridgehead atoms. The fraction of sp³-hybridized carbons (Fsp3) is 0.125. The van der Waals surface area contributed by atoms with Gasteiger partial charge in [0.15, 0.2) is 11.5 Å². The average molecular weight is 452 g/mol. The van der Waals surface area contributed by atoms with Crippen LogP contribution in [-0.4, -0.2) is 13.0 Å². The first kappa shape index (κ1) is 20.7. The van der Waals surface area contributed by atoms with Crippen LogP contribution in [0.25, 0.3) is 6.08 Å². The standard InChI is InChI=1S/C24H22BrNO3/c1-17-8-11-21(20(25)14-17)26-24(27)13-10-18-9-12-22(23(15-18)28-2)29-16-19-6-4-3-5-7-19/h3-15H,16H2,1-2H3,(H,26,27)/b13-10+. The lowest BCUT2D eigenvalue weighted by Gasteiger charge is -2.11. The fourth-order valence-corrected chi connectivity index (χ4v) is 3.30. The normalized spacial score (nSPS) is 10.7. The van der Waals surface area contributed by atoms with Crippen molar-refractivity contribution in [2.45, 2.75) is 13.5 Å². The Balaban J connectivity index is 1.65. The molecular formula is C24H22BrNO3. The van der Waals surface area contributed by atoms with Crippen molar-refractivity contribution in [3.8, 4) is 11.5 Å². The van der Waals surface area contributed by atoms with Crippen molar-refractivity contribution in [2.75, 3.05) is 12.4 Å². The van der Waals surface area contributed by atoms with Crippen molar-refractivity contribution in [3.05, 3.63) is 94.0 Å². The highest BCUT2D eigenvalue weighted by Gasteiger charge is 2.06. The quantitative estimate of drug-likeness (QED) is 0.448. The highest BCUT2D eigenvalue weighted by atomic mass is 79.9. The maximum atomic E-state index is 12.2. The summed E-state index contributed by atoms with van der Waals surface area (Å²) in [6.45, 7) is 2.46. The van der Waals surface area contributed by atoms with Crippen LogP contribution in [0.3, 0.4) is 0 Å². The third kappa shape index (κ3) is 5.96. The Morgan fingerprint density at radius 3 is 2.55 bits per heavy atom. The molecule has 0 heterocycles. The third-order valence-electron chi connectivity index (χ3n) is 4.23. The van der Waals surface area contributed by atoms with E-state index in [1.54, 1.807) is 13.2 Å². The molecule has 0 aliphatic heterocycles. The smallest absolute Gasteiger partial charge is 0.248 e. The van der Waals surface area contributed by atoms with E-state index in [0.29, 0.717) is 18.1 Å². The number of nitrogens with one attached hydrogen (secondary N) is 1. The van der Waals surface area contributed by atoms with E-state index in [1.165, 1.54) is 6.08 Å². The zero-order valence-corrected chi connectivity index (χ0v) is 17.9. The Labute approximate surface area is 179 Å². The van der Waals surface area contributed by atoms with Crippen molar-refractivity contribution < 1.29 is 14.3 Å². The molecule has 0 unspecified atom stereocenters. The van der Waals surface area contributed by atoms with E-state index in [9.17, 15) is 4.79 Å². The second-order valence-electron chi connectivity index (χ2n) is 6.49. The van der Waals surface area contributed by atoms with Gasteiger partial charge in [-0.2, -0.15) is 0 Å². The van der Waals surface area contributed by atoms with E-state index in [-0.39, 0.29) is 5.91 Å². The molecule has 29 heavy (non-hydrogen) atoms. The van der Waals surface area contributed by atoms with Crippen LogP contribution in [0, 0.1) is 6.92 Å². The highest BCUT2D eigenvalue weighted by molar-refractivity contribution is 9.10. The molecule has 1 N–H and O–H groups in total. The Kier molecular flexibility index (Phi) is 7.09. The Morgan fingerprint density at radius 2 is 1.83 bits per heavy atom. The van der Waals surface area contributed by atoms with Crippen LogP contribution >= 0.6 is 15.9 Å². The molecule has 0 radical (unpaired) electrons. The fourth-order valence-electron chi connectivity index (χ4n) is 2.71. The monoisotopic (exact) mass is 451 g/mol. The first-order valence-electron chi connectivity index (χ1n) is 9.15. The van der Waals surface area contributed by atoms with Crippen molar-refractivity contribution >= 4 is 33.6 Å². The Bertz CT molecular complexity index is 1020. The second kappa shape index (κ2) is 9.94. The van der Waals surface area contributed by atoms with E-state index in [2.05, 4.69) is 21.2 Å². The van der Waals surface area contributed by atoms with Gasteiger partial charge in [-0.25, -0.2) is 0 Å². The molecule has 3 rings (SSSR count). The molecule has 3 aromatic rings. The molecule has 1 amide bonds. The van der Waals surface area contributed by atoms with Crippen LogP contribution in [-0.2, 0) is 11.4 Å². The Hall–Kier alpha value is -3.05. The number of carbonyl (C=O) groups excluding carboxylic acids is 1. The highest BCUT2D eigenvalue weighted by Crippen LogP contribution is 2.29. The van der Waals surface area contributed by atoms with Crippen molar-refractivity contribution in [3.63, 3.8) is 0 Å². The lowest BCUT2D eigenvalue weighted by atomic mass is 10.2. The summed E-state index contributed by atoms with van der Waals surface area (Å²) in [6.07, 6.45) is 3.23. The number of hydrogen-bond donors (Lipinski definition) is 1. The zero-order chi connectivity index (χ0) is 20.6. The van der Waals surface area contributed by atoms with Gasteiger partial charge >= 0.3 is 0 Å². The number of hydrogen-bond acceptors (Lipinski definition) is 3. The molecule has 0 fully saturated rings. The van der Waals surface area contributed by atoms with Crippen molar-refractivity contribution in [2.24, 2.45) is 0 Å². The van der Waals surface area contributed by atoms with Crippen molar-refractivity contribution in [1.29, 1.82) is 0 Å². The summed E-state index contributed by atoms with van der Waals surface area (Å²) in [6, 6.07) is 21.3. The van der Waals surface area contributed by atoms with Gasteiger partial charge in [0.05, 0.1) is 12.8 Å². The van der Waals surface area contributed by atoms with Crippen LogP contribution in [0.1, 0.15) is 16.7 Å². The van der Waals surface area contributed by atoms with Gasteiger partial charge in [-0.05, 0) is 69.9 Å². The number of methoxy groups -OCH3 is 1. The predicted molar refractivity (Wildman–Crippen MR) is 120 cm³/mol. The van der Waals surface area contributed by atoms with Gasteiger partial charge in [0, 0.05) is 10.5 Å². The molecule has 148 valence electrons. The maximum Gasteiger partial charge on any atom is 0.248 e. The summed E-state index contributed by atoms with van der Waals surface area (Å²) in [5.41, 5.74) is 3.77. The van der Waals surface area contributed by atoms with Gasteiger partial charge in [-0.3, -0.25) is 4.79 Å². The largest absolute Gasteiger partial charge is 0.493 e. The van der Waals surface area contributed by atoms with Crippen LogP contribution in [0.15, 0.2) is 77.3 Å². The molecule has 0 saturated carbocycles. The lowest BCUT2D eigenvalue weighted by Crippen LogP contribution is -2.08. The summed E-state index contributed by atoms with van der Waals surface area (Å²) >= 11 is 3.46. The summed E-state index contributed by atoms with van der Waals surface area (Å²) in [5, 5.41) is 2.86. The van der Waals surface area contributed by atoms with Crippen LogP contribution in [0.2, 0.25) is 0 Å². The minimum atomic E-state index is -0.210. The topological polar surface area (TPSA) is 47.6 Å². The summed E-state index contributed by atoms with van der Waals surface area (Å²) in [5.74, 6) is 1.06. The molecule has 0 spiro atoms. The average Bonchev–Trinajstić information content (AvgIpc) is 2.73. The summed E-state index contributed by atoms with van der Waals surface area (Å²) in [7, 11) is 1.60. The predicted octanol–water partition coefficient (Wildman–Crippen LogP) is 6.00. The van der Waals surface area contributed by atoms with E-state index in [4.69, 9.17) is 9.47 Å². The van der Waals surface area contributed by atoms with Gasteiger partial charge in [0.1, 0.15) is 6.61 Å². The zero-order valence-electron chi connectivity index (χ0n) is 16.3. The number of carbonyl (C=O) groups is 1. The molecule has 0 aliphatic rings. The van der Waals surface area contributed by atoms with Crippen LogP contribution < -0.4 is 14.8 Å². The number of halogens is 1. The number of rotatable bonds is 7. The molecule has 4 nitrogen and oxygen atoms in total. The number of anilines is 1. The molecular weight excluding hydrogens is 430 g/mol. The van der Waals surface area contributed by atoms with Crippen LogP contribution in [0.4, 0.5) is 5.69 Å². The number of benzene rings is 3. The van der Waals surface area contributed by atoms with E-state index in [0.717, 1.165) is 26.9 Å². The van der Waals surface area contributed by atoms with Gasteiger partial charge in [0.2, 0.25) is 5.91 Å². The second-order valence-corrected chi connectivity index (χ2v) is 7.34. The minimum absolute atomic E-state index is 0.210. The van der Waals surface area contributed by atoms with Gasteiger partial charge in [0.25, 0.3) is 0 Å². The number of aryl methyl sites for hydroxylation is 1. The first-order chi connectivity index (χ1) is 14.0. The van der Waals surface area contributed by atoms with Gasteiger partial charge < -0.3 is 14.8 Å². The molecule has 0 aromatic heterocycles. The SMILES string of the molecule is COc1cc(/C=C/C(=O)Nc2ccc(C)cc2Br)ccc1OCc1ccccc1. The van der Waals surface area contributed by atoms with Crippen molar-refractivity contribution in [1.82, 2.24) is 0 Å². The molecule has 3 aromatic carbocycles. The summed E-state index contributed by atoms with van der Waals surface area (Å²) in [4.78, 5) is 12.2. The Morgan fingerprint density at radius 1 is 1.03 bits per heavy atom. The van der Waals surface area contributed by atoms with E-state index in [1.807, 2.05) is 73.7 Å². The van der Waals surface area contributed by atoms with Crippen LogP contribution in [0.5, 0.6) is 11.5 Å². The molecule has 0 aliphatic carbocycles. The van der Waals surface area contributed by atoms with E-state index >= 15 is 0 Å². The third-order valence-corrected chi connectivity index (χ3v) is 4.89. The lowest BCUT2D eigenvalue weighted by molar-refractivity contribution is -0.111. The number of ether oxygens (including phenoxy) is 2. The first-order valence-corrected chi connectivity index (χ1v) is 9.94. The maximum absolute atomic E-state index is 12.2. The molecule has 5 heteroatoms. The minimum Gasteiger partial charge on any atom is -0.493 e. The van der Waals surface area contributed by atoms with Gasteiger partial charge in [-0.1, -0.05) is 42.5 Å². The molecule has 0 saturated heterocycles. The molecule has 0 atom stereocenters. The summed E-state index contributed by atoms with van der Waals surface area (Å²) < 4.78 is 12.1. The number of amides is 1.